The van der Waals surface area contributed by atoms with Crippen molar-refractivity contribution in [1.29, 1.82) is 0 Å². The summed E-state index contributed by atoms with van der Waals surface area (Å²) in [5, 5.41) is 5.08. The maximum Gasteiger partial charge on any atom is 0.291 e. The highest BCUT2D eigenvalue weighted by Gasteiger charge is 2.16. The summed E-state index contributed by atoms with van der Waals surface area (Å²) in [4.78, 5) is 17.0. The van der Waals surface area contributed by atoms with Gasteiger partial charge in [0.1, 0.15) is 5.58 Å². The van der Waals surface area contributed by atoms with Gasteiger partial charge in [-0.25, -0.2) is 0 Å². The van der Waals surface area contributed by atoms with Crippen LogP contribution >= 0.6 is 11.6 Å². The van der Waals surface area contributed by atoms with E-state index in [1.54, 1.807) is 30.3 Å². The smallest absolute Gasteiger partial charge is 0.291 e. The molecule has 0 unspecified atom stereocenters. The Hall–Kier alpha value is -2.85. The summed E-state index contributed by atoms with van der Waals surface area (Å²) >= 11 is 5.94. The third-order valence-electron chi connectivity index (χ3n) is 3.86. The Balaban J connectivity index is 1.78. The number of benzene rings is 2. The van der Waals surface area contributed by atoms with Crippen molar-refractivity contribution < 1.29 is 9.21 Å². The van der Waals surface area contributed by atoms with E-state index in [0.717, 1.165) is 22.0 Å². The number of nitrogens with zero attached hydrogens (tertiary/aromatic N) is 1. The minimum Gasteiger partial charge on any atom is -0.450 e. The van der Waals surface area contributed by atoms with E-state index in [4.69, 9.17) is 16.0 Å². The van der Waals surface area contributed by atoms with Gasteiger partial charge in [0.15, 0.2) is 5.76 Å². The molecule has 118 valence electrons. The molecule has 0 spiro atoms. The maximum absolute atomic E-state index is 12.5. The molecule has 1 N–H and O–H groups in total. The molecule has 2 heterocycles. The highest BCUT2D eigenvalue weighted by Crippen LogP contribution is 2.29. The third-order valence-corrected chi connectivity index (χ3v) is 4.10. The molecule has 4 nitrogen and oxygen atoms in total. The largest absolute Gasteiger partial charge is 0.450 e. The fourth-order valence-electron chi connectivity index (χ4n) is 2.73. The normalized spacial score (nSPS) is 11.1. The van der Waals surface area contributed by atoms with Crippen LogP contribution in [0.15, 0.2) is 59.0 Å². The van der Waals surface area contributed by atoms with Crippen molar-refractivity contribution in [1.82, 2.24) is 4.98 Å². The van der Waals surface area contributed by atoms with Gasteiger partial charge in [0.25, 0.3) is 5.91 Å². The lowest BCUT2D eigenvalue weighted by Gasteiger charge is -2.03. The molecule has 4 rings (SSSR count). The minimum absolute atomic E-state index is 0.242. The van der Waals surface area contributed by atoms with E-state index in [0.29, 0.717) is 16.3 Å². The van der Waals surface area contributed by atoms with Gasteiger partial charge in [0, 0.05) is 27.2 Å². The number of fused-ring (bicyclic) bond motifs is 3. The molecule has 0 bridgehead atoms. The number of aromatic nitrogens is 1. The number of hydrogen-bond acceptors (Lipinski definition) is 3. The second-order valence-corrected chi connectivity index (χ2v) is 5.97. The van der Waals surface area contributed by atoms with Gasteiger partial charge in [-0.2, -0.15) is 0 Å². The molecule has 0 saturated heterocycles. The lowest BCUT2D eigenvalue weighted by atomic mass is 10.1. The van der Waals surface area contributed by atoms with Gasteiger partial charge in [-0.1, -0.05) is 29.8 Å². The second kappa shape index (κ2) is 5.65. The Morgan fingerprint density at radius 2 is 1.92 bits per heavy atom. The predicted octanol–water partition coefficient (Wildman–Crippen LogP) is 5.20. The Morgan fingerprint density at radius 1 is 1.08 bits per heavy atom. The molecule has 0 radical (unpaired) electrons. The highest BCUT2D eigenvalue weighted by atomic mass is 35.5. The van der Waals surface area contributed by atoms with Crippen LogP contribution in [0.4, 0.5) is 5.69 Å². The van der Waals surface area contributed by atoms with Crippen LogP contribution in [0, 0.1) is 6.92 Å². The molecule has 0 fully saturated rings. The summed E-state index contributed by atoms with van der Waals surface area (Å²) in [6, 6.07) is 16.4. The number of carbonyl (C=O) groups excluding carboxylic acids is 1. The number of furan rings is 1. The summed E-state index contributed by atoms with van der Waals surface area (Å²) < 4.78 is 5.84. The van der Waals surface area contributed by atoms with Gasteiger partial charge >= 0.3 is 0 Å². The van der Waals surface area contributed by atoms with Gasteiger partial charge in [0.2, 0.25) is 0 Å². The molecule has 5 heteroatoms. The molecule has 2 aromatic heterocycles. The number of carbonyl (C=O) groups is 1. The van der Waals surface area contributed by atoms with Crippen LogP contribution in [-0.2, 0) is 0 Å². The Labute approximate surface area is 143 Å². The van der Waals surface area contributed by atoms with Gasteiger partial charge < -0.3 is 9.73 Å². The molecule has 0 aliphatic heterocycles. The van der Waals surface area contributed by atoms with Crippen molar-refractivity contribution in [3.63, 3.8) is 0 Å². The topological polar surface area (TPSA) is 55.1 Å². The fourth-order valence-corrected chi connectivity index (χ4v) is 2.93. The molecule has 0 saturated carbocycles. The average molecular weight is 337 g/mol. The number of aryl methyl sites for hydroxylation is 1. The molecule has 1 amide bonds. The Bertz CT molecular complexity index is 1090. The monoisotopic (exact) mass is 336 g/mol. The fraction of sp³-hybridized carbons (Fsp3) is 0.0526. The summed E-state index contributed by atoms with van der Waals surface area (Å²) in [6.07, 6.45) is 0. The first kappa shape index (κ1) is 14.7. The second-order valence-electron chi connectivity index (χ2n) is 5.53. The third kappa shape index (κ3) is 2.51. The van der Waals surface area contributed by atoms with Crippen molar-refractivity contribution in [2.45, 2.75) is 6.92 Å². The van der Waals surface area contributed by atoms with Crippen LogP contribution in [0.5, 0.6) is 0 Å². The predicted molar refractivity (Wildman–Crippen MR) is 95.7 cm³/mol. The molecule has 0 aliphatic carbocycles. The zero-order valence-electron chi connectivity index (χ0n) is 12.8. The van der Waals surface area contributed by atoms with E-state index in [2.05, 4.69) is 10.3 Å². The van der Waals surface area contributed by atoms with Crippen LogP contribution in [0.1, 0.15) is 16.2 Å². The molecular weight excluding hydrogens is 324 g/mol. The highest BCUT2D eigenvalue weighted by molar-refractivity contribution is 6.31. The van der Waals surface area contributed by atoms with Gasteiger partial charge in [-0.15, -0.1) is 0 Å². The van der Waals surface area contributed by atoms with E-state index >= 15 is 0 Å². The number of halogens is 1. The van der Waals surface area contributed by atoms with Crippen LogP contribution < -0.4 is 5.32 Å². The summed E-state index contributed by atoms with van der Waals surface area (Å²) in [7, 11) is 0. The first-order chi connectivity index (χ1) is 11.6. The minimum atomic E-state index is -0.322. The number of amides is 1. The zero-order chi connectivity index (χ0) is 16.7. The zero-order valence-corrected chi connectivity index (χ0v) is 13.6. The van der Waals surface area contributed by atoms with Gasteiger partial charge in [0.05, 0.1) is 5.52 Å². The van der Waals surface area contributed by atoms with Crippen molar-refractivity contribution in [3.05, 3.63) is 71.1 Å². The van der Waals surface area contributed by atoms with Crippen LogP contribution in [0.3, 0.4) is 0 Å². The molecule has 4 aromatic rings. The lowest BCUT2D eigenvalue weighted by Crippen LogP contribution is -2.10. The quantitative estimate of drug-likeness (QED) is 0.547. The van der Waals surface area contributed by atoms with Crippen molar-refractivity contribution in [3.8, 4) is 0 Å². The van der Waals surface area contributed by atoms with Crippen molar-refractivity contribution >= 4 is 45.1 Å². The number of nitrogens with one attached hydrogen (secondary N) is 1. The lowest BCUT2D eigenvalue weighted by molar-refractivity contribution is 0.0999. The SMILES string of the molecule is Cc1nc2ccccc2c2oc(C(=O)Nc3cccc(Cl)c3)cc12. The maximum atomic E-state index is 12.5. The van der Waals surface area contributed by atoms with Gasteiger partial charge in [-0.3, -0.25) is 9.78 Å². The van der Waals surface area contributed by atoms with E-state index < -0.39 is 0 Å². The first-order valence-electron chi connectivity index (χ1n) is 7.47. The van der Waals surface area contributed by atoms with Crippen molar-refractivity contribution in [2.75, 3.05) is 5.32 Å². The van der Waals surface area contributed by atoms with E-state index in [1.165, 1.54) is 0 Å². The number of anilines is 1. The first-order valence-corrected chi connectivity index (χ1v) is 7.85. The molecule has 0 atom stereocenters. The van der Waals surface area contributed by atoms with E-state index in [9.17, 15) is 4.79 Å². The molecule has 2 aromatic carbocycles. The number of rotatable bonds is 2. The Kier molecular flexibility index (Phi) is 3.47. The molecule has 24 heavy (non-hydrogen) atoms. The van der Waals surface area contributed by atoms with Crippen molar-refractivity contribution in [2.24, 2.45) is 0 Å². The summed E-state index contributed by atoms with van der Waals surface area (Å²) in [5.41, 5.74) is 2.97. The molecular formula is C19H13ClN2O2. The number of pyridine rings is 1. The summed E-state index contributed by atoms with van der Waals surface area (Å²) in [5.74, 6) is -0.0804. The number of hydrogen-bond donors (Lipinski definition) is 1. The van der Waals surface area contributed by atoms with E-state index in [1.807, 2.05) is 31.2 Å². The molecule has 0 aliphatic rings. The number of para-hydroxylation sites is 1. The van der Waals surface area contributed by atoms with Crippen LogP contribution in [-0.4, -0.2) is 10.9 Å². The summed E-state index contributed by atoms with van der Waals surface area (Å²) in [6.45, 7) is 1.91. The average Bonchev–Trinajstić information content (AvgIpc) is 3.01. The standard InChI is InChI=1S/C19H13ClN2O2/c1-11-15-10-17(19(23)22-13-6-4-5-12(20)9-13)24-18(15)14-7-2-3-8-16(14)21-11/h2-10H,1H3,(H,22,23). The van der Waals surface area contributed by atoms with Gasteiger partial charge in [-0.05, 0) is 43.3 Å². The van der Waals surface area contributed by atoms with E-state index in [-0.39, 0.29) is 11.7 Å². The Morgan fingerprint density at radius 3 is 2.75 bits per heavy atom. The van der Waals surface area contributed by atoms with Crippen LogP contribution in [0.2, 0.25) is 5.02 Å². The van der Waals surface area contributed by atoms with Crippen LogP contribution in [0.25, 0.3) is 21.9 Å².